The Morgan fingerprint density at radius 1 is 1.38 bits per heavy atom. The summed E-state index contributed by atoms with van der Waals surface area (Å²) in [4.78, 5) is 11.5. The molecule has 0 radical (unpaired) electrons. The van der Waals surface area contributed by atoms with Crippen molar-refractivity contribution in [3.63, 3.8) is 0 Å². The Morgan fingerprint density at radius 2 is 2.10 bits per heavy atom. The zero-order valence-electron chi connectivity index (χ0n) is 10.6. The number of carbonyl (C=O) groups excluding carboxylic acids is 1. The molecule has 2 rings (SSSR count). The van der Waals surface area contributed by atoms with Crippen molar-refractivity contribution in [1.82, 2.24) is 5.32 Å². The highest BCUT2D eigenvalue weighted by molar-refractivity contribution is 14.1. The monoisotopic (exact) mass is 465 g/mol. The van der Waals surface area contributed by atoms with Crippen LogP contribution in [0.5, 0.6) is 11.5 Å². The quantitative estimate of drug-likeness (QED) is 0.539. The van der Waals surface area contributed by atoms with Crippen LogP contribution in [-0.2, 0) is 4.74 Å². The molecule has 9 heteroatoms. The predicted octanol–water partition coefficient (Wildman–Crippen LogP) is 3.99. The number of rotatable bonds is 4. The van der Waals surface area contributed by atoms with Crippen LogP contribution in [0.25, 0.3) is 0 Å². The Morgan fingerprint density at radius 3 is 2.81 bits per heavy atom. The molecule has 0 bridgehead atoms. The number of hydrogen-bond acceptors (Lipinski definition) is 4. The molecule has 5 nitrogen and oxygen atoms in total. The number of carbonyl (C=O) groups is 1. The summed E-state index contributed by atoms with van der Waals surface area (Å²) in [5, 5.41) is 2.60. The van der Waals surface area contributed by atoms with Crippen LogP contribution < -0.4 is 14.8 Å². The normalized spacial score (nSPS) is 14.7. The Hall–Kier alpha value is -0.310. The van der Waals surface area contributed by atoms with Crippen molar-refractivity contribution in [1.29, 1.82) is 0 Å². The van der Waals surface area contributed by atoms with Crippen molar-refractivity contribution in [2.24, 2.45) is 0 Å². The fraction of sp³-hybridized carbons (Fsp3) is 0.417. The average Bonchev–Trinajstić information content (AvgIpc) is 2.89. The summed E-state index contributed by atoms with van der Waals surface area (Å²) in [7, 11) is 0. The third-order valence-corrected chi connectivity index (χ3v) is 4.04. The van der Waals surface area contributed by atoms with E-state index in [2.05, 4.69) is 27.9 Å². The first-order valence-electron chi connectivity index (χ1n) is 5.86. The molecule has 1 amide bonds. The summed E-state index contributed by atoms with van der Waals surface area (Å²) < 4.78 is 13.8. The maximum absolute atomic E-state index is 11.5. The van der Waals surface area contributed by atoms with Crippen LogP contribution in [0, 0.1) is 0 Å². The van der Waals surface area contributed by atoms with Crippen LogP contribution in [0.4, 0.5) is 4.79 Å². The molecule has 1 atom stereocenters. The Kier molecular flexibility index (Phi) is 5.93. The molecule has 1 unspecified atom stereocenters. The van der Waals surface area contributed by atoms with Crippen molar-refractivity contribution in [3.05, 3.63) is 23.8 Å². The van der Waals surface area contributed by atoms with E-state index < -0.39 is 9.89 Å². The zero-order chi connectivity index (χ0) is 15.5. The SMILES string of the molecule is O=C(NCC(I)c1ccc2c(c1)OCO2)OCC(Cl)(Cl)Cl. The van der Waals surface area contributed by atoms with E-state index in [1.165, 1.54) is 0 Å². The summed E-state index contributed by atoms with van der Waals surface area (Å²) >= 11 is 18.7. The van der Waals surface area contributed by atoms with Gasteiger partial charge >= 0.3 is 6.09 Å². The van der Waals surface area contributed by atoms with E-state index >= 15 is 0 Å². The highest BCUT2D eigenvalue weighted by Gasteiger charge is 2.22. The molecule has 0 aromatic heterocycles. The summed E-state index contributed by atoms with van der Waals surface area (Å²) in [6, 6.07) is 5.64. The second kappa shape index (κ2) is 7.30. The fourth-order valence-corrected chi connectivity index (χ4v) is 2.37. The lowest BCUT2D eigenvalue weighted by atomic mass is 10.1. The smallest absolute Gasteiger partial charge is 0.407 e. The largest absolute Gasteiger partial charge is 0.454 e. The fourth-order valence-electron chi connectivity index (χ4n) is 1.60. The van der Waals surface area contributed by atoms with Gasteiger partial charge in [-0.05, 0) is 17.7 Å². The van der Waals surface area contributed by atoms with E-state index in [1.807, 2.05) is 18.2 Å². The van der Waals surface area contributed by atoms with Gasteiger partial charge in [-0.1, -0.05) is 63.5 Å². The molecular weight excluding hydrogens is 455 g/mol. The lowest BCUT2D eigenvalue weighted by molar-refractivity contribution is 0.148. The molecule has 116 valence electrons. The van der Waals surface area contributed by atoms with Gasteiger partial charge < -0.3 is 19.5 Å². The van der Waals surface area contributed by atoms with Crippen LogP contribution >= 0.6 is 57.4 Å². The van der Waals surface area contributed by atoms with E-state index in [9.17, 15) is 4.79 Å². The molecule has 21 heavy (non-hydrogen) atoms. The first kappa shape index (κ1) is 17.1. The van der Waals surface area contributed by atoms with E-state index in [0.29, 0.717) is 12.3 Å². The maximum atomic E-state index is 11.5. The van der Waals surface area contributed by atoms with E-state index in [4.69, 9.17) is 49.0 Å². The number of ether oxygens (including phenoxy) is 3. The van der Waals surface area contributed by atoms with Gasteiger partial charge in [0, 0.05) is 6.54 Å². The molecule has 0 saturated heterocycles. The van der Waals surface area contributed by atoms with Gasteiger partial charge in [0.25, 0.3) is 0 Å². The van der Waals surface area contributed by atoms with Crippen LogP contribution in [0.2, 0.25) is 0 Å². The highest BCUT2D eigenvalue weighted by atomic mass is 127. The summed E-state index contributed by atoms with van der Waals surface area (Å²) in [5.41, 5.74) is 1.00. The van der Waals surface area contributed by atoms with Crippen LogP contribution in [0.3, 0.4) is 0 Å². The van der Waals surface area contributed by atoms with E-state index in [-0.39, 0.29) is 17.3 Å². The van der Waals surface area contributed by atoms with Gasteiger partial charge in [0.2, 0.25) is 10.6 Å². The molecular formula is C12H11Cl3INO4. The summed E-state index contributed by atoms with van der Waals surface area (Å²) in [5.74, 6) is 1.42. The lowest BCUT2D eigenvalue weighted by Gasteiger charge is -2.14. The number of fused-ring (bicyclic) bond motifs is 1. The predicted molar refractivity (Wildman–Crippen MR) is 89.0 cm³/mol. The highest BCUT2D eigenvalue weighted by Crippen LogP contribution is 2.36. The number of halogens is 4. The molecule has 1 aromatic rings. The van der Waals surface area contributed by atoms with Crippen molar-refractivity contribution < 1.29 is 19.0 Å². The number of benzene rings is 1. The van der Waals surface area contributed by atoms with Gasteiger partial charge in [0.15, 0.2) is 11.5 Å². The number of amides is 1. The van der Waals surface area contributed by atoms with Gasteiger partial charge in [0.05, 0.1) is 3.92 Å². The number of nitrogens with one attached hydrogen (secondary N) is 1. The number of alkyl carbamates (subject to hydrolysis) is 1. The minimum Gasteiger partial charge on any atom is -0.454 e. The standard InChI is InChI=1S/C12H11Cl3INO4/c13-12(14,15)5-19-11(18)17-4-8(16)7-1-2-9-10(3-7)21-6-20-9/h1-3,8H,4-6H2,(H,17,18). The molecule has 1 aromatic carbocycles. The van der Waals surface area contributed by atoms with Crippen molar-refractivity contribution in [3.8, 4) is 11.5 Å². The molecule has 1 aliphatic heterocycles. The number of hydrogen-bond donors (Lipinski definition) is 1. The minimum absolute atomic E-state index is 0.0393. The Bertz CT molecular complexity index is 524. The number of alkyl halides is 4. The van der Waals surface area contributed by atoms with Gasteiger partial charge in [-0.2, -0.15) is 0 Å². The van der Waals surface area contributed by atoms with Crippen LogP contribution in [0.15, 0.2) is 18.2 Å². The molecule has 0 saturated carbocycles. The molecule has 0 aliphatic carbocycles. The van der Waals surface area contributed by atoms with Crippen LogP contribution in [0.1, 0.15) is 9.49 Å². The molecule has 0 spiro atoms. The van der Waals surface area contributed by atoms with Crippen molar-refractivity contribution in [2.45, 2.75) is 7.72 Å². The topological polar surface area (TPSA) is 56.8 Å². The second-order valence-electron chi connectivity index (χ2n) is 4.15. The second-order valence-corrected chi connectivity index (χ2v) is 8.17. The molecule has 1 heterocycles. The molecule has 1 aliphatic rings. The lowest BCUT2D eigenvalue weighted by Crippen LogP contribution is -2.30. The Labute approximate surface area is 150 Å². The molecule has 1 N–H and O–H groups in total. The third kappa shape index (κ3) is 5.43. The molecule has 0 fully saturated rings. The summed E-state index contributed by atoms with van der Waals surface area (Å²) in [6.07, 6.45) is -0.635. The average molecular weight is 466 g/mol. The van der Waals surface area contributed by atoms with Gasteiger partial charge in [-0.15, -0.1) is 0 Å². The Balaban J connectivity index is 1.82. The minimum atomic E-state index is -1.61. The first-order chi connectivity index (χ1) is 9.85. The van der Waals surface area contributed by atoms with Gasteiger partial charge in [0.1, 0.15) is 6.61 Å². The van der Waals surface area contributed by atoms with Gasteiger partial charge in [-0.25, -0.2) is 4.79 Å². The van der Waals surface area contributed by atoms with Crippen molar-refractivity contribution >= 4 is 63.5 Å². The first-order valence-corrected chi connectivity index (χ1v) is 8.24. The maximum Gasteiger partial charge on any atom is 0.407 e. The van der Waals surface area contributed by atoms with E-state index in [1.54, 1.807) is 0 Å². The van der Waals surface area contributed by atoms with Crippen LogP contribution in [-0.4, -0.2) is 29.8 Å². The van der Waals surface area contributed by atoms with E-state index in [0.717, 1.165) is 11.3 Å². The third-order valence-electron chi connectivity index (χ3n) is 2.55. The zero-order valence-corrected chi connectivity index (χ0v) is 15.0. The van der Waals surface area contributed by atoms with Crippen molar-refractivity contribution in [2.75, 3.05) is 19.9 Å². The summed E-state index contributed by atoms with van der Waals surface area (Å²) in [6.45, 7) is 0.296. The van der Waals surface area contributed by atoms with Gasteiger partial charge in [-0.3, -0.25) is 0 Å².